The molecule has 1 atom stereocenters. The smallest absolute Gasteiger partial charge is 0.295 e. The standard InChI is InChI=1S/C30H31NO7/c1-4-37-25-17-21(10-13-24(25)32)27-26(29(34)30(35)31(27)14-15-36-3)28(33)23-12-11-22(16-19(23)2)38-18-20-8-6-5-7-9-20/h5-13,16-17,27,32-33H,4,14-15,18H2,1-3H3/b28-26+/t27-/m0/s1. The van der Waals surface area contributed by atoms with Gasteiger partial charge in [-0.25, -0.2) is 0 Å². The van der Waals surface area contributed by atoms with Crippen LogP contribution in [0.3, 0.4) is 0 Å². The van der Waals surface area contributed by atoms with E-state index in [2.05, 4.69) is 0 Å². The maximum absolute atomic E-state index is 13.2. The zero-order chi connectivity index (χ0) is 27.2. The molecule has 3 aromatic rings. The predicted molar refractivity (Wildman–Crippen MR) is 142 cm³/mol. The third-order valence-corrected chi connectivity index (χ3v) is 6.38. The van der Waals surface area contributed by atoms with Crippen molar-refractivity contribution in [3.8, 4) is 17.2 Å². The Morgan fingerprint density at radius 2 is 1.76 bits per heavy atom. The van der Waals surface area contributed by atoms with Crippen LogP contribution in [0.5, 0.6) is 17.2 Å². The number of aliphatic hydroxyl groups excluding tert-OH is 1. The molecule has 0 aromatic heterocycles. The van der Waals surface area contributed by atoms with Gasteiger partial charge in [-0.3, -0.25) is 9.59 Å². The predicted octanol–water partition coefficient (Wildman–Crippen LogP) is 4.75. The zero-order valence-electron chi connectivity index (χ0n) is 21.6. The van der Waals surface area contributed by atoms with Gasteiger partial charge in [-0.1, -0.05) is 36.4 Å². The van der Waals surface area contributed by atoms with Gasteiger partial charge in [0.1, 0.15) is 18.1 Å². The van der Waals surface area contributed by atoms with Crippen LogP contribution in [0.15, 0.2) is 72.3 Å². The monoisotopic (exact) mass is 517 g/mol. The van der Waals surface area contributed by atoms with Crippen molar-refractivity contribution < 1.29 is 34.0 Å². The number of aryl methyl sites for hydroxylation is 1. The molecule has 1 saturated heterocycles. The fourth-order valence-corrected chi connectivity index (χ4v) is 4.50. The van der Waals surface area contributed by atoms with E-state index in [4.69, 9.17) is 14.2 Å². The lowest BCUT2D eigenvalue weighted by Gasteiger charge is -2.25. The molecule has 8 heteroatoms. The van der Waals surface area contributed by atoms with Crippen molar-refractivity contribution in [2.45, 2.75) is 26.5 Å². The fourth-order valence-electron chi connectivity index (χ4n) is 4.50. The van der Waals surface area contributed by atoms with Crippen LogP contribution in [-0.2, 0) is 20.9 Å². The first-order valence-electron chi connectivity index (χ1n) is 12.4. The molecule has 38 heavy (non-hydrogen) atoms. The van der Waals surface area contributed by atoms with E-state index >= 15 is 0 Å². The number of phenols is 1. The van der Waals surface area contributed by atoms with Gasteiger partial charge >= 0.3 is 0 Å². The number of nitrogens with zero attached hydrogens (tertiary/aromatic N) is 1. The average Bonchev–Trinajstić information content (AvgIpc) is 3.17. The second-order valence-corrected chi connectivity index (χ2v) is 8.90. The first kappa shape index (κ1) is 26.8. The van der Waals surface area contributed by atoms with Crippen molar-refractivity contribution in [2.24, 2.45) is 0 Å². The number of phenolic OH excluding ortho intramolecular Hbond substituents is 1. The van der Waals surface area contributed by atoms with Crippen molar-refractivity contribution in [3.05, 3.63) is 94.6 Å². The largest absolute Gasteiger partial charge is 0.507 e. The summed E-state index contributed by atoms with van der Waals surface area (Å²) in [5.41, 5.74) is 2.59. The van der Waals surface area contributed by atoms with Crippen LogP contribution in [-0.4, -0.2) is 53.7 Å². The number of hydrogen-bond donors (Lipinski definition) is 2. The van der Waals surface area contributed by atoms with Crippen LogP contribution in [0, 0.1) is 6.92 Å². The van der Waals surface area contributed by atoms with Crippen molar-refractivity contribution >= 4 is 17.4 Å². The summed E-state index contributed by atoms with van der Waals surface area (Å²) < 4.78 is 16.6. The third-order valence-electron chi connectivity index (χ3n) is 6.38. The molecule has 4 rings (SSSR count). The third kappa shape index (κ3) is 5.50. The molecule has 0 unspecified atom stereocenters. The Morgan fingerprint density at radius 1 is 1.00 bits per heavy atom. The number of aliphatic hydroxyl groups is 1. The molecule has 0 aliphatic carbocycles. The molecule has 198 valence electrons. The molecular formula is C30H31NO7. The molecule has 3 aromatic carbocycles. The summed E-state index contributed by atoms with van der Waals surface area (Å²) in [4.78, 5) is 27.7. The Kier molecular flexibility index (Phi) is 8.33. The highest BCUT2D eigenvalue weighted by atomic mass is 16.5. The number of carbonyl (C=O) groups excluding carboxylic acids is 2. The molecule has 0 spiro atoms. The van der Waals surface area contributed by atoms with E-state index in [1.807, 2.05) is 30.3 Å². The molecule has 1 amide bonds. The number of amides is 1. The Morgan fingerprint density at radius 3 is 2.45 bits per heavy atom. The van der Waals surface area contributed by atoms with Gasteiger partial charge in [0.05, 0.1) is 24.8 Å². The van der Waals surface area contributed by atoms with E-state index in [1.165, 1.54) is 18.1 Å². The van der Waals surface area contributed by atoms with E-state index in [0.29, 0.717) is 35.7 Å². The van der Waals surface area contributed by atoms with Crippen molar-refractivity contribution in [2.75, 3.05) is 26.9 Å². The number of methoxy groups -OCH3 is 1. The summed E-state index contributed by atoms with van der Waals surface area (Å²) >= 11 is 0. The summed E-state index contributed by atoms with van der Waals surface area (Å²) in [6, 6.07) is 18.7. The number of rotatable bonds is 10. The minimum Gasteiger partial charge on any atom is -0.507 e. The number of benzene rings is 3. The van der Waals surface area contributed by atoms with Crippen LogP contribution in [0.2, 0.25) is 0 Å². The molecule has 1 heterocycles. The van der Waals surface area contributed by atoms with Crippen LogP contribution < -0.4 is 9.47 Å². The summed E-state index contributed by atoms with van der Waals surface area (Å²) in [5, 5.41) is 21.6. The van der Waals surface area contributed by atoms with E-state index < -0.39 is 17.7 Å². The summed E-state index contributed by atoms with van der Waals surface area (Å²) in [5.74, 6) is -1.05. The molecule has 0 saturated carbocycles. The van der Waals surface area contributed by atoms with Crippen molar-refractivity contribution in [3.63, 3.8) is 0 Å². The van der Waals surface area contributed by atoms with Gasteiger partial charge in [0.25, 0.3) is 11.7 Å². The van der Waals surface area contributed by atoms with E-state index in [-0.39, 0.29) is 36.0 Å². The van der Waals surface area contributed by atoms with E-state index in [9.17, 15) is 19.8 Å². The zero-order valence-corrected chi connectivity index (χ0v) is 21.6. The molecule has 1 fully saturated rings. The quantitative estimate of drug-likeness (QED) is 0.227. The Labute approximate surface area is 221 Å². The van der Waals surface area contributed by atoms with Crippen molar-refractivity contribution in [1.82, 2.24) is 4.90 Å². The Bertz CT molecular complexity index is 1350. The van der Waals surface area contributed by atoms with Crippen LogP contribution in [0.1, 0.15) is 35.2 Å². The van der Waals surface area contributed by atoms with Crippen LogP contribution >= 0.6 is 0 Å². The highest BCUT2D eigenvalue weighted by molar-refractivity contribution is 6.46. The number of Topliss-reactive ketones (excluding diaryl/α,β-unsaturated/α-hetero) is 1. The van der Waals surface area contributed by atoms with Gasteiger partial charge in [0, 0.05) is 19.2 Å². The maximum atomic E-state index is 13.2. The van der Waals surface area contributed by atoms with E-state index in [0.717, 1.165) is 5.56 Å². The second-order valence-electron chi connectivity index (χ2n) is 8.90. The minimum atomic E-state index is -0.890. The van der Waals surface area contributed by atoms with Gasteiger partial charge in [0.15, 0.2) is 11.5 Å². The number of ether oxygens (including phenoxy) is 3. The first-order chi connectivity index (χ1) is 18.3. The number of ketones is 1. The van der Waals surface area contributed by atoms with E-state index in [1.54, 1.807) is 44.2 Å². The fraction of sp³-hybridized carbons (Fsp3) is 0.267. The number of aromatic hydroxyl groups is 1. The molecule has 0 radical (unpaired) electrons. The molecule has 0 bridgehead atoms. The lowest BCUT2D eigenvalue weighted by atomic mass is 9.93. The topological polar surface area (TPSA) is 106 Å². The van der Waals surface area contributed by atoms with Crippen LogP contribution in [0.4, 0.5) is 0 Å². The number of carbonyl (C=O) groups is 2. The summed E-state index contributed by atoms with van der Waals surface area (Å²) in [6.45, 7) is 4.63. The highest BCUT2D eigenvalue weighted by Gasteiger charge is 2.46. The van der Waals surface area contributed by atoms with Gasteiger partial charge < -0.3 is 29.3 Å². The molecule has 8 nitrogen and oxygen atoms in total. The molecule has 1 aliphatic rings. The lowest BCUT2D eigenvalue weighted by molar-refractivity contribution is -0.140. The first-order valence-corrected chi connectivity index (χ1v) is 12.4. The molecule has 2 N–H and O–H groups in total. The maximum Gasteiger partial charge on any atom is 0.295 e. The van der Waals surface area contributed by atoms with Gasteiger partial charge in [0.2, 0.25) is 0 Å². The SMILES string of the molecule is CCOc1cc([C@H]2/C(=C(\O)c3ccc(OCc4ccccc4)cc3C)C(=O)C(=O)N2CCOC)ccc1O. The summed E-state index contributed by atoms with van der Waals surface area (Å²) in [7, 11) is 1.50. The lowest BCUT2D eigenvalue weighted by Crippen LogP contribution is -2.32. The summed E-state index contributed by atoms with van der Waals surface area (Å²) in [6.07, 6.45) is 0. The Balaban J connectivity index is 1.73. The Hall–Kier alpha value is -4.30. The van der Waals surface area contributed by atoms with Gasteiger partial charge in [-0.15, -0.1) is 0 Å². The average molecular weight is 518 g/mol. The number of hydrogen-bond acceptors (Lipinski definition) is 7. The highest BCUT2D eigenvalue weighted by Crippen LogP contribution is 2.42. The second kappa shape index (κ2) is 11.8. The van der Waals surface area contributed by atoms with Gasteiger partial charge in [-0.2, -0.15) is 0 Å². The normalized spacial score (nSPS) is 16.6. The van der Waals surface area contributed by atoms with Crippen molar-refractivity contribution in [1.29, 1.82) is 0 Å². The van der Waals surface area contributed by atoms with Gasteiger partial charge in [-0.05, 0) is 60.9 Å². The number of likely N-dealkylation sites (tertiary alicyclic amines) is 1. The minimum absolute atomic E-state index is 0.0414. The molecular weight excluding hydrogens is 486 g/mol. The molecule has 1 aliphatic heterocycles. The van der Waals surface area contributed by atoms with Crippen LogP contribution in [0.25, 0.3) is 5.76 Å².